The third-order valence-corrected chi connectivity index (χ3v) is 4.84. The zero-order valence-corrected chi connectivity index (χ0v) is 12.8. The molecule has 2 heterocycles. The van der Waals surface area contributed by atoms with E-state index in [0.717, 1.165) is 12.0 Å². The van der Waals surface area contributed by atoms with Gasteiger partial charge in [0, 0.05) is 25.2 Å². The van der Waals surface area contributed by atoms with E-state index in [-0.39, 0.29) is 24.0 Å². The molecule has 2 saturated heterocycles. The van der Waals surface area contributed by atoms with Crippen LogP contribution in [0.1, 0.15) is 37.2 Å². The normalized spacial score (nSPS) is 36.1. The van der Waals surface area contributed by atoms with Crippen LogP contribution >= 0.6 is 0 Å². The predicted octanol–water partition coefficient (Wildman–Crippen LogP) is 0.177. The Labute approximate surface area is 122 Å². The number of halogens is 1. The van der Waals surface area contributed by atoms with E-state index in [4.69, 9.17) is 0 Å². The SMILES string of the molecule is C[N@+]12CCC[C@H]1CC[C@H](c1ccccc1)C2.[I-]. The number of fused-ring (bicyclic) bond motifs is 1. The van der Waals surface area contributed by atoms with Crippen molar-refractivity contribution in [3.8, 4) is 0 Å². The highest BCUT2D eigenvalue weighted by Crippen LogP contribution is 2.39. The minimum absolute atomic E-state index is 0. The summed E-state index contributed by atoms with van der Waals surface area (Å²) in [6, 6.07) is 12.1. The number of hydrogen-bond acceptors (Lipinski definition) is 0. The molecule has 0 aliphatic carbocycles. The summed E-state index contributed by atoms with van der Waals surface area (Å²) in [4.78, 5) is 0. The highest BCUT2D eigenvalue weighted by molar-refractivity contribution is 5.20. The van der Waals surface area contributed by atoms with E-state index in [1.165, 1.54) is 43.3 Å². The van der Waals surface area contributed by atoms with Gasteiger partial charge >= 0.3 is 0 Å². The molecule has 0 spiro atoms. The van der Waals surface area contributed by atoms with Crippen molar-refractivity contribution in [3.05, 3.63) is 35.9 Å². The monoisotopic (exact) mass is 343 g/mol. The summed E-state index contributed by atoms with van der Waals surface area (Å²) in [5, 5.41) is 0. The molecule has 0 saturated carbocycles. The van der Waals surface area contributed by atoms with Crippen molar-refractivity contribution in [2.45, 2.75) is 37.6 Å². The highest BCUT2D eigenvalue weighted by Gasteiger charge is 2.43. The fourth-order valence-corrected chi connectivity index (χ4v) is 3.86. The summed E-state index contributed by atoms with van der Waals surface area (Å²) >= 11 is 0. The van der Waals surface area contributed by atoms with Gasteiger partial charge in [0.2, 0.25) is 0 Å². The van der Waals surface area contributed by atoms with Crippen molar-refractivity contribution in [2.24, 2.45) is 0 Å². The first-order valence-corrected chi connectivity index (χ1v) is 6.67. The fraction of sp³-hybridized carbons (Fsp3) is 0.600. The van der Waals surface area contributed by atoms with Crippen molar-refractivity contribution in [2.75, 3.05) is 20.1 Å². The van der Waals surface area contributed by atoms with Gasteiger partial charge in [-0.3, -0.25) is 0 Å². The molecule has 2 aliphatic heterocycles. The smallest absolute Gasteiger partial charge is 0.0890 e. The van der Waals surface area contributed by atoms with Crippen LogP contribution in [-0.2, 0) is 0 Å². The van der Waals surface area contributed by atoms with Gasteiger partial charge in [-0.1, -0.05) is 30.3 Å². The molecule has 0 aromatic heterocycles. The minimum atomic E-state index is 0. The lowest BCUT2D eigenvalue weighted by Gasteiger charge is -2.43. The van der Waals surface area contributed by atoms with Crippen LogP contribution in [0, 0.1) is 0 Å². The molecular weight excluding hydrogens is 321 g/mol. The van der Waals surface area contributed by atoms with E-state index in [9.17, 15) is 0 Å². The summed E-state index contributed by atoms with van der Waals surface area (Å²) in [5.41, 5.74) is 1.56. The van der Waals surface area contributed by atoms with Gasteiger partial charge in [-0.2, -0.15) is 0 Å². The van der Waals surface area contributed by atoms with E-state index in [2.05, 4.69) is 37.4 Å². The maximum absolute atomic E-state index is 2.48. The molecule has 1 aromatic rings. The molecule has 1 nitrogen and oxygen atoms in total. The molecule has 94 valence electrons. The number of nitrogens with zero attached hydrogens (tertiary/aromatic N) is 1. The van der Waals surface area contributed by atoms with Crippen molar-refractivity contribution in [3.63, 3.8) is 0 Å². The largest absolute Gasteiger partial charge is 1.00 e. The molecule has 0 N–H and O–H groups in total. The minimum Gasteiger partial charge on any atom is -1.00 e. The predicted molar refractivity (Wildman–Crippen MR) is 67.4 cm³/mol. The second-order valence-corrected chi connectivity index (χ2v) is 5.87. The molecule has 1 aromatic carbocycles. The van der Waals surface area contributed by atoms with Gasteiger partial charge in [0.1, 0.15) is 0 Å². The number of piperidine rings is 1. The van der Waals surface area contributed by atoms with Gasteiger partial charge < -0.3 is 28.5 Å². The van der Waals surface area contributed by atoms with Gasteiger partial charge in [-0.15, -0.1) is 0 Å². The Bertz CT molecular complexity index is 364. The Morgan fingerprint density at radius 1 is 1.06 bits per heavy atom. The Hall–Kier alpha value is -0.0900. The van der Waals surface area contributed by atoms with Gasteiger partial charge in [0.25, 0.3) is 0 Å². The standard InChI is InChI=1S/C15H22N.HI/c1-16-11-5-8-15(16)10-9-14(12-16)13-6-3-2-4-7-13;/h2-4,6-7,14-15H,5,8-12H2,1H3;1H/q+1;/p-1/t14-,15-,16+;/m0./s1. The van der Waals surface area contributed by atoms with E-state index in [0.29, 0.717) is 0 Å². The average molecular weight is 343 g/mol. The molecule has 0 amide bonds. The molecule has 2 fully saturated rings. The van der Waals surface area contributed by atoms with Crippen LogP contribution in [0.3, 0.4) is 0 Å². The van der Waals surface area contributed by atoms with Gasteiger partial charge in [-0.05, 0) is 12.0 Å². The van der Waals surface area contributed by atoms with Crippen LogP contribution in [0.15, 0.2) is 30.3 Å². The van der Waals surface area contributed by atoms with Gasteiger partial charge in [-0.25, -0.2) is 0 Å². The van der Waals surface area contributed by atoms with Crippen LogP contribution in [0.5, 0.6) is 0 Å². The summed E-state index contributed by atoms with van der Waals surface area (Å²) in [6.45, 7) is 2.78. The first-order chi connectivity index (χ1) is 7.78. The van der Waals surface area contributed by atoms with Crippen molar-refractivity contribution < 1.29 is 28.5 Å². The molecule has 3 rings (SSSR count). The molecule has 2 heteroatoms. The maximum Gasteiger partial charge on any atom is 0.0890 e. The van der Waals surface area contributed by atoms with E-state index >= 15 is 0 Å². The van der Waals surface area contributed by atoms with Gasteiger partial charge in [0.15, 0.2) is 0 Å². The third kappa shape index (κ3) is 2.53. The summed E-state index contributed by atoms with van der Waals surface area (Å²) in [7, 11) is 2.48. The molecule has 17 heavy (non-hydrogen) atoms. The lowest BCUT2D eigenvalue weighted by atomic mass is 9.86. The number of rotatable bonds is 1. The molecule has 0 unspecified atom stereocenters. The first kappa shape index (κ1) is 13.3. The zero-order chi connectivity index (χ0) is 11.0. The molecular formula is C15H22IN. The highest BCUT2D eigenvalue weighted by atomic mass is 127. The zero-order valence-electron chi connectivity index (χ0n) is 10.6. The second kappa shape index (κ2) is 5.27. The second-order valence-electron chi connectivity index (χ2n) is 5.87. The van der Waals surface area contributed by atoms with Crippen LogP contribution in [0.4, 0.5) is 0 Å². The third-order valence-electron chi connectivity index (χ3n) is 4.84. The average Bonchev–Trinajstić information content (AvgIpc) is 2.70. The molecule has 0 radical (unpaired) electrons. The first-order valence-electron chi connectivity index (χ1n) is 6.67. The number of benzene rings is 1. The summed E-state index contributed by atoms with van der Waals surface area (Å²) in [6.07, 6.45) is 5.76. The topological polar surface area (TPSA) is 0 Å². The Morgan fingerprint density at radius 3 is 2.59 bits per heavy atom. The van der Waals surface area contributed by atoms with Crippen LogP contribution in [-0.4, -0.2) is 30.7 Å². The number of hydrogen-bond donors (Lipinski definition) is 0. The van der Waals surface area contributed by atoms with Gasteiger partial charge in [0.05, 0.1) is 26.2 Å². The lowest BCUT2D eigenvalue weighted by molar-refractivity contribution is -0.927. The van der Waals surface area contributed by atoms with Crippen LogP contribution in [0.2, 0.25) is 0 Å². The lowest BCUT2D eigenvalue weighted by Crippen LogP contribution is -3.00. The summed E-state index contributed by atoms with van der Waals surface area (Å²) in [5.74, 6) is 0.806. The van der Waals surface area contributed by atoms with Crippen LogP contribution < -0.4 is 24.0 Å². The van der Waals surface area contributed by atoms with Crippen molar-refractivity contribution >= 4 is 0 Å². The van der Waals surface area contributed by atoms with E-state index < -0.39 is 0 Å². The van der Waals surface area contributed by atoms with Crippen molar-refractivity contribution in [1.29, 1.82) is 0 Å². The Morgan fingerprint density at radius 2 is 1.82 bits per heavy atom. The molecule has 2 aliphatic rings. The summed E-state index contributed by atoms with van der Waals surface area (Å²) < 4.78 is 1.35. The molecule has 3 atom stereocenters. The van der Waals surface area contributed by atoms with E-state index in [1.807, 2.05) is 0 Å². The number of quaternary nitrogens is 1. The Kier molecular flexibility index (Phi) is 4.14. The fourth-order valence-electron chi connectivity index (χ4n) is 3.86. The maximum atomic E-state index is 2.48. The Balaban J connectivity index is 0.00000108. The molecule has 0 bridgehead atoms. The van der Waals surface area contributed by atoms with Crippen LogP contribution in [0.25, 0.3) is 0 Å². The quantitative estimate of drug-likeness (QED) is 0.504. The van der Waals surface area contributed by atoms with E-state index in [1.54, 1.807) is 5.56 Å². The number of likely N-dealkylation sites (N-methyl/N-ethyl adjacent to an activating group) is 1. The van der Waals surface area contributed by atoms with Crippen molar-refractivity contribution in [1.82, 2.24) is 0 Å².